The van der Waals surface area contributed by atoms with Gasteiger partial charge in [0.05, 0.1) is 0 Å². The van der Waals surface area contributed by atoms with E-state index in [1.807, 2.05) is 5.32 Å². The third-order valence-electron chi connectivity index (χ3n) is 1.55. The Morgan fingerprint density at radius 2 is 2.20 bits per heavy atom. The van der Waals surface area contributed by atoms with Gasteiger partial charge in [-0.1, -0.05) is 0 Å². The molecule has 0 aromatic carbocycles. The van der Waals surface area contributed by atoms with E-state index < -0.39 is 29.9 Å². The van der Waals surface area contributed by atoms with Crippen LogP contribution in [0.1, 0.15) is 10.5 Å². The van der Waals surface area contributed by atoms with Crippen LogP contribution in [0.25, 0.3) is 0 Å². The van der Waals surface area contributed by atoms with E-state index in [4.69, 9.17) is 5.11 Å². The van der Waals surface area contributed by atoms with Crippen LogP contribution in [0.15, 0.2) is 18.3 Å². The third-order valence-corrected chi connectivity index (χ3v) is 1.55. The molecule has 0 fully saturated rings. The zero-order valence-electron chi connectivity index (χ0n) is 7.51. The lowest BCUT2D eigenvalue weighted by Crippen LogP contribution is -2.40. The fourth-order valence-corrected chi connectivity index (χ4v) is 0.935. The number of nitrogens with one attached hydrogen (secondary N) is 1. The molecule has 1 rings (SSSR count). The predicted octanol–water partition coefficient (Wildman–Crippen LogP) is -1.16. The molecule has 0 aliphatic heterocycles. The molecule has 3 N–H and O–H groups in total. The second kappa shape index (κ2) is 4.27. The van der Waals surface area contributed by atoms with Gasteiger partial charge in [-0.05, 0) is 6.07 Å². The van der Waals surface area contributed by atoms with Crippen LogP contribution >= 0.6 is 0 Å². The van der Waals surface area contributed by atoms with Gasteiger partial charge in [0.1, 0.15) is 6.54 Å². The molecule has 0 aliphatic rings. The summed E-state index contributed by atoms with van der Waals surface area (Å²) < 4.78 is 0.159. The maximum atomic E-state index is 11.2. The third kappa shape index (κ3) is 2.56. The molecule has 0 bridgehead atoms. The summed E-state index contributed by atoms with van der Waals surface area (Å²) in [4.78, 5) is 21.4. The lowest BCUT2D eigenvalue weighted by molar-refractivity contribution is -0.608. The van der Waals surface area contributed by atoms with E-state index in [-0.39, 0.29) is 4.73 Å². The van der Waals surface area contributed by atoms with Crippen LogP contribution in [0.3, 0.4) is 0 Å². The highest BCUT2D eigenvalue weighted by atomic mass is 16.5. The summed E-state index contributed by atoms with van der Waals surface area (Å²) in [5, 5.41) is 30.5. The first-order chi connectivity index (χ1) is 7.02. The zero-order valence-corrected chi connectivity index (χ0v) is 7.51. The molecule has 80 valence electrons. The summed E-state index contributed by atoms with van der Waals surface area (Å²) in [7, 11) is 0. The van der Waals surface area contributed by atoms with Crippen LogP contribution in [-0.4, -0.2) is 28.6 Å². The Labute approximate surface area is 84.2 Å². The van der Waals surface area contributed by atoms with Gasteiger partial charge >= 0.3 is 17.6 Å². The number of hydrogen-bond donors (Lipinski definition) is 3. The molecule has 0 saturated heterocycles. The number of aliphatic carboxylic acids is 1. The minimum absolute atomic E-state index is 0.159. The van der Waals surface area contributed by atoms with Crippen molar-refractivity contribution in [2.24, 2.45) is 0 Å². The fraction of sp³-hybridized carbons (Fsp3) is 0.125. The van der Waals surface area contributed by atoms with Crippen LogP contribution in [0.5, 0.6) is 5.75 Å². The number of carbonyl (C=O) groups is 2. The highest BCUT2D eigenvalue weighted by molar-refractivity contribution is 5.94. The number of aromatic nitrogens is 1. The maximum absolute atomic E-state index is 11.2. The number of carboxylic acids is 1. The predicted molar refractivity (Wildman–Crippen MR) is 47.0 cm³/mol. The normalized spacial score (nSPS) is 9.60. The first kappa shape index (κ1) is 10.8. The second-order valence-electron chi connectivity index (χ2n) is 2.64. The van der Waals surface area contributed by atoms with Gasteiger partial charge in [0, 0.05) is 6.07 Å². The Morgan fingerprint density at radius 3 is 2.73 bits per heavy atom. The largest absolute Gasteiger partial charge is 0.618 e. The summed E-state index contributed by atoms with van der Waals surface area (Å²) in [6.07, 6.45) is 1.02. The van der Waals surface area contributed by atoms with Gasteiger partial charge in [-0.25, -0.2) is 0 Å². The first-order valence-electron chi connectivity index (χ1n) is 3.93. The summed E-state index contributed by atoms with van der Waals surface area (Å²) >= 11 is 0. The monoisotopic (exact) mass is 212 g/mol. The average molecular weight is 212 g/mol. The number of hydrogen-bond acceptors (Lipinski definition) is 4. The molecule has 0 spiro atoms. The molecule has 7 heteroatoms. The molecule has 1 amide bonds. The van der Waals surface area contributed by atoms with Crippen LogP contribution in [0.4, 0.5) is 0 Å². The van der Waals surface area contributed by atoms with E-state index in [1.165, 1.54) is 6.07 Å². The molecule has 1 aromatic heterocycles. The lowest BCUT2D eigenvalue weighted by atomic mass is 10.3. The van der Waals surface area contributed by atoms with Crippen molar-refractivity contribution in [1.29, 1.82) is 0 Å². The molecule has 0 radical (unpaired) electrons. The van der Waals surface area contributed by atoms with Gasteiger partial charge in [-0.2, -0.15) is 4.73 Å². The number of nitrogens with zero attached hydrogens (tertiary/aromatic N) is 1. The molecular weight excluding hydrogens is 204 g/mol. The number of carbonyl (C=O) groups excluding carboxylic acids is 1. The van der Waals surface area contributed by atoms with Crippen LogP contribution in [0.2, 0.25) is 0 Å². The number of aromatic hydroxyl groups is 1. The molecular formula is C8H8N2O5. The Hall–Kier alpha value is -2.31. The zero-order chi connectivity index (χ0) is 11.4. The van der Waals surface area contributed by atoms with Crippen molar-refractivity contribution in [3.8, 4) is 5.75 Å². The van der Waals surface area contributed by atoms with Crippen molar-refractivity contribution in [2.75, 3.05) is 6.54 Å². The van der Waals surface area contributed by atoms with Crippen LogP contribution in [-0.2, 0) is 4.79 Å². The molecule has 0 saturated carbocycles. The SMILES string of the molecule is O=C(O)CNC(=O)c1c(O)ccc[n+]1[O-]. The summed E-state index contributed by atoms with van der Waals surface area (Å²) in [5.41, 5.74) is -0.529. The number of rotatable bonds is 3. The van der Waals surface area contributed by atoms with Crippen LogP contribution in [0, 0.1) is 5.21 Å². The van der Waals surface area contributed by atoms with Crippen LogP contribution < -0.4 is 10.0 Å². The van der Waals surface area contributed by atoms with E-state index in [0.29, 0.717) is 0 Å². The molecule has 7 nitrogen and oxygen atoms in total. The number of amides is 1. The van der Waals surface area contributed by atoms with Crippen molar-refractivity contribution < 1.29 is 24.5 Å². The van der Waals surface area contributed by atoms with E-state index in [2.05, 4.69) is 0 Å². The molecule has 1 aromatic rings. The topological polar surface area (TPSA) is 114 Å². The van der Waals surface area contributed by atoms with Crippen molar-refractivity contribution in [2.45, 2.75) is 0 Å². The van der Waals surface area contributed by atoms with Crippen molar-refractivity contribution in [3.63, 3.8) is 0 Å². The van der Waals surface area contributed by atoms with E-state index in [0.717, 1.165) is 12.3 Å². The highest BCUT2D eigenvalue weighted by Crippen LogP contribution is 2.10. The van der Waals surface area contributed by atoms with E-state index >= 15 is 0 Å². The van der Waals surface area contributed by atoms with Gasteiger partial charge < -0.3 is 20.7 Å². The van der Waals surface area contributed by atoms with Crippen molar-refractivity contribution in [3.05, 3.63) is 29.2 Å². The van der Waals surface area contributed by atoms with Gasteiger partial charge in [0.15, 0.2) is 11.9 Å². The minimum Gasteiger partial charge on any atom is -0.618 e. The van der Waals surface area contributed by atoms with Gasteiger partial charge in [0.25, 0.3) is 0 Å². The van der Waals surface area contributed by atoms with Crippen molar-refractivity contribution in [1.82, 2.24) is 5.32 Å². The number of pyridine rings is 1. The number of carboxylic acid groups (broad SMARTS) is 1. The Morgan fingerprint density at radius 1 is 1.53 bits per heavy atom. The lowest BCUT2D eigenvalue weighted by Gasteiger charge is -2.04. The van der Waals surface area contributed by atoms with Gasteiger partial charge in [-0.15, -0.1) is 0 Å². The summed E-state index contributed by atoms with van der Waals surface area (Å²) in [6, 6.07) is 2.42. The fourth-order valence-electron chi connectivity index (χ4n) is 0.935. The van der Waals surface area contributed by atoms with E-state index in [9.17, 15) is 19.9 Å². The first-order valence-corrected chi connectivity index (χ1v) is 3.93. The molecule has 0 aliphatic carbocycles. The Bertz CT molecular complexity index is 384. The quantitative estimate of drug-likeness (QED) is 0.432. The standard InChI is InChI=1S/C8H8N2O5/c11-5-2-1-3-10(15)7(5)8(14)9-4-6(12)13/h1-3,11H,4H2,(H,9,14)(H,12,13). The van der Waals surface area contributed by atoms with Gasteiger partial charge in [0.2, 0.25) is 0 Å². The summed E-state index contributed by atoms with van der Waals surface area (Å²) in [6.45, 7) is -0.618. The van der Waals surface area contributed by atoms with Gasteiger partial charge in [-0.3, -0.25) is 9.59 Å². The Kier molecular flexibility index (Phi) is 3.06. The minimum atomic E-state index is -1.24. The smallest absolute Gasteiger partial charge is 0.323 e. The highest BCUT2D eigenvalue weighted by Gasteiger charge is 2.21. The maximum Gasteiger partial charge on any atom is 0.323 e. The van der Waals surface area contributed by atoms with E-state index in [1.54, 1.807) is 0 Å². The molecule has 1 heterocycles. The Balaban J connectivity index is 2.86. The molecule has 0 unspecified atom stereocenters. The molecule has 15 heavy (non-hydrogen) atoms. The van der Waals surface area contributed by atoms with Crippen molar-refractivity contribution >= 4 is 11.9 Å². The summed E-state index contributed by atoms with van der Waals surface area (Å²) in [5.74, 6) is -2.68. The second-order valence-corrected chi connectivity index (χ2v) is 2.64. The average Bonchev–Trinajstić information content (AvgIpc) is 2.14. The molecule has 0 atom stereocenters.